The van der Waals surface area contributed by atoms with Crippen molar-refractivity contribution in [2.75, 3.05) is 11.4 Å². The number of thiocarbonyl (C=S) groups is 1. The van der Waals surface area contributed by atoms with Crippen LogP contribution in [0, 0.1) is 0 Å². The maximum absolute atomic E-state index is 13.5. The molecular formula is C71H53N3O4S3. The van der Waals surface area contributed by atoms with E-state index in [1.165, 1.54) is 4.90 Å². The summed E-state index contributed by atoms with van der Waals surface area (Å²) < 4.78 is 2.16. The van der Waals surface area contributed by atoms with Gasteiger partial charge in [0.25, 0.3) is 11.5 Å². The van der Waals surface area contributed by atoms with Crippen LogP contribution in [0.2, 0.25) is 0 Å². The van der Waals surface area contributed by atoms with Gasteiger partial charge >= 0.3 is 5.97 Å². The van der Waals surface area contributed by atoms with Crippen LogP contribution in [-0.4, -0.2) is 37.3 Å². The van der Waals surface area contributed by atoms with Gasteiger partial charge in [0.2, 0.25) is 0 Å². The van der Waals surface area contributed by atoms with Crippen molar-refractivity contribution in [3.05, 3.63) is 312 Å². The van der Waals surface area contributed by atoms with E-state index in [1.54, 1.807) is 6.08 Å². The molecule has 0 aliphatic carbocycles. The highest BCUT2D eigenvalue weighted by Crippen LogP contribution is 2.37. The molecule has 0 radical (unpaired) electrons. The minimum Gasteiger partial charge on any atom is -0.480 e. The van der Waals surface area contributed by atoms with Crippen LogP contribution < -0.4 is 19.7 Å². The van der Waals surface area contributed by atoms with Gasteiger partial charge in [0.15, 0.2) is 0 Å². The van der Waals surface area contributed by atoms with E-state index in [9.17, 15) is 19.5 Å². The van der Waals surface area contributed by atoms with E-state index in [0.717, 1.165) is 117 Å². The number of carbonyl (C=O) groups excluding carboxylic acids is 1. The monoisotopic (exact) mass is 1110 g/mol. The van der Waals surface area contributed by atoms with E-state index in [2.05, 4.69) is 248 Å². The molecule has 7 nitrogen and oxygen atoms in total. The number of thiazole rings is 1. The number of hydrogen-bond donors (Lipinski definition) is 1. The van der Waals surface area contributed by atoms with Crippen molar-refractivity contribution < 1.29 is 14.7 Å². The zero-order chi connectivity index (χ0) is 55.7. The van der Waals surface area contributed by atoms with E-state index in [0.29, 0.717) is 20.1 Å². The van der Waals surface area contributed by atoms with Gasteiger partial charge in [0.05, 0.1) is 4.53 Å². The van der Waals surface area contributed by atoms with Gasteiger partial charge in [-0.2, -0.15) is 0 Å². The van der Waals surface area contributed by atoms with Gasteiger partial charge in [-0.3, -0.25) is 23.9 Å². The highest BCUT2D eigenvalue weighted by molar-refractivity contribution is 8.30. The van der Waals surface area contributed by atoms with Crippen molar-refractivity contribution in [2.24, 2.45) is 0 Å². The summed E-state index contributed by atoms with van der Waals surface area (Å²) in [5, 5.41) is 9.62. The molecule has 0 unspecified atom stereocenters. The number of carboxylic acids is 1. The summed E-state index contributed by atoms with van der Waals surface area (Å²) >= 11 is 7.58. The Morgan fingerprint density at radius 2 is 0.877 bits per heavy atom. The third-order valence-corrected chi connectivity index (χ3v) is 16.6. The van der Waals surface area contributed by atoms with Crippen LogP contribution in [0.15, 0.2) is 247 Å². The molecule has 1 aromatic heterocycles. The second kappa shape index (κ2) is 24.7. The third-order valence-electron chi connectivity index (χ3n) is 13.9. The summed E-state index contributed by atoms with van der Waals surface area (Å²) in [6.45, 7) is 1.64. The van der Waals surface area contributed by atoms with Gasteiger partial charge in [-0.1, -0.05) is 242 Å². The summed E-state index contributed by atoms with van der Waals surface area (Å²) in [5.41, 5.74) is 16.7. The molecule has 1 saturated heterocycles. The largest absolute Gasteiger partial charge is 0.480 e. The van der Waals surface area contributed by atoms with Crippen LogP contribution in [-0.2, 0) is 16.1 Å². The van der Waals surface area contributed by atoms with Gasteiger partial charge in [-0.05, 0) is 134 Å². The van der Waals surface area contributed by atoms with E-state index in [1.807, 2.05) is 31.2 Å². The molecule has 1 aliphatic heterocycles. The lowest BCUT2D eigenvalue weighted by Gasteiger charge is -2.26. The number of nitrogens with zero attached hydrogens (tertiary/aromatic N) is 3. The Labute approximate surface area is 484 Å². The van der Waals surface area contributed by atoms with E-state index in [4.69, 9.17) is 12.2 Å². The van der Waals surface area contributed by atoms with E-state index < -0.39 is 18.1 Å². The zero-order valence-electron chi connectivity index (χ0n) is 44.1. The van der Waals surface area contributed by atoms with Gasteiger partial charge in [0, 0.05) is 23.6 Å². The van der Waals surface area contributed by atoms with Crippen LogP contribution in [0.1, 0.15) is 57.0 Å². The molecule has 394 valence electrons. The molecule has 1 aliphatic rings. The first-order valence-corrected chi connectivity index (χ1v) is 28.5. The van der Waals surface area contributed by atoms with Crippen LogP contribution >= 0.6 is 35.3 Å². The summed E-state index contributed by atoms with van der Waals surface area (Å²) in [7, 11) is 0. The third kappa shape index (κ3) is 12.4. The maximum atomic E-state index is 13.5. The van der Waals surface area contributed by atoms with Crippen LogP contribution in [0.25, 0.3) is 57.6 Å². The molecule has 2 heterocycles. The first-order valence-electron chi connectivity index (χ1n) is 26.5. The standard InChI is InChI=1S/C71H53N3O4S3/c1-2-72-69(78)67(81-71(72)79)70-73(48-66(75)76)68(77)65(80-70)47-53-27-37-55(38-28-53)54-35-25-49(26-36-54)23-24-50-29-39-60(40-30-50)74(61-41-31-51(32-42-61)45-63(56-15-7-3-8-16-56)57-17-9-4-10-18-57)62-43-33-52(34-44-62)46-64(58-19-11-5-12-20-58)59-21-13-6-14-22-59/h3-47H,2,48H2,1H3,(H,75,76)/b24-23+,65-47+,70-67-. The molecule has 11 rings (SSSR count). The predicted molar refractivity (Wildman–Crippen MR) is 342 cm³/mol. The van der Waals surface area contributed by atoms with Crippen molar-refractivity contribution in [1.29, 1.82) is 0 Å². The van der Waals surface area contributed by atoms with Crippen molar-refractivity contribution in [3.63, 3.8) is 0 Å². The summed E-state index contributed by atoms with van der Waals surface area (Å²) in [5.74, 6) is -1.50. The number of carbonyl (C=O) groups is 2. The van der Waals surface area contributed by atoms with Crippen LogP contribution in [0.4, 0.5) is 17.1 Å². The number of rotatable bonds is 16. The Balaban J connectivity index is 0.845. The molecule has 1 amide bonds. The minimum atomic E-state index is -1.18. The fraction of sp³-hybridized carbons (Fsp3) is 0.0423. The molecule has 1 fully saturated rings. The fourth-order valence-electron chi connectivity index (χ4n) is 9.76. The number of aliphatic carboxylic acids is 1. The average Bonchev–Trinajstić information content (AvgIpc) is 4.01. The van der Waals surface area contributed by atoms with Gasteiger partial charge < -0.3 is 10.0 Å². The molecule has 0 bridgehead atoms. The van der Waals surface area contributed by atoms with Crippen LogP contribution in [0.5, 0.6) is 0 Å². The molecule has 1 N–H and O–H groups in total. The van der Waals surface area contributed by atoms with Crippen molar-refractivity contribution in [1.82, 2.24) is 9.47 Å². The summed E-state index contributed by atoms with van der Waals surface area (Å²) in [4.78, 5) is 42.5. The Bertz CT molecular complexity index is 3960. The lowest BCUT2D eigenvalue weighted by molar-refractivity contribution is -0.137. The number of anilines is 3. The fourth-order valence-corrected chi connectivity index (χ4v) is 12.4. The molecule has 10 aromatic rings. The quantitative estimate of drug-likeness (QED) is 0.0762. The molecule has 0 atom stereocenters. The summed E-state index contributed by atoms with van der Waals surface area (Å²) in [6, 6.07) is 84.5. The highest BCUT2D eigenvalue weighted by Gasteiger charge is 2.33. The Morgan fingerprint density at radius 1 is 0.506 bits per heavy atom. The first-order chi connectivity index (χ1) is 39.6. The molecule has 10 heteroatoms. The molecular weight excluding hydrogens is 1050 g/mol. The van der Waals surface area contributed by atoms with Gasteiger partial charge in [0.1, 0.15) is 20.4 Å². The molecule has 0 saturated carbocycles. The second-order valence-corrected chi connectivity index (χ2v) is 21.9. The van der Waals surface area contributed by atoms with Crippen molar-refractivity contribution >= 4 is 115 Å². The van der Waals surface area contributed by atoms with Gasteiger partial charge in [-0.25, -0.2) is 0 Å². The Morgan fingerprint density at radius 3 is 1.25 bits per heavy atom. The predicted octanol–water partition coefficient (Wildman–Crippen LogP) is 15.3. The van der Waals surface area contributed by atoms with Crippen molar-refractivity contribution in [2.45, 2.75) is 13.5 Å². The SMILES string of the molecule is CCN1C(=O)/C(=c2/s/c(=C/c3ccc(-c4ccc(/C=C/c5ccc(N(c6ccc(C=C(c7ccccc7)c7ccccc7)cc6)c6ccc(C=C(c7ccccc7)c7ccccc7)cc6)cc5)cc4)cc3)c(=O)n2CC(=O)O)SC1=S. The lowest BCUT2D eigenvalue weighted by Crippen LogP contribution is -2.35. The smallest absolute Gasteiger partial charge is 0.323 e. The number of aromatic nitrogens is 1. The number of thioether (sulfide) groups is 1. The number of carboxylic acid groups (broad SMARTS) is 1. The van der Waals surface area contributed by atoms with E-state index in [-0.39, 0.29) is 10.8 Å². The zero-order valence-corrected chi connectivity index (χ0v) is 46.6. The number of benzene rings is 9. The Hall–Kier alpha value is -9.45. The number of amides is 1. The molecule has 9 aromatic carbocycles. The van der Waals surface area contributed by atoms with Gasteiger partial charge in [-0.15, -0.1) is 11.3 Å². The minimum absolute atomic E-state index is 0.270. The molecule has 81 heavy (non-hydrogen) atoms. The van der Waals surface area contributed by atoms with Crippen molar-refractivity contribution in [3.8, 4) is 11.1 Å². The molecule has 0 spiro atoms. The average molecular weight is 1110 g/mol. The Kier molecular flexibility index (Phi) is 16.3. The second-order valence-electron chi connectivity index (χ2n) is 19.2. The topological polar surface area (TPSA) is 82.9 Å². The van der Waals surface area contributed by atoms with E-state index >= 15 is 0 Å². The highest BCUT2D eigenvalue weighted by atomic mass is 32.2. The summed E-state index contributed by atoms with van der Waals surface area (Å²) in [6.07, 6.45) is 10.5. The number of hydrogen-bond acceptors (Lipinski definition) is 7. The maximum Gasteiger partial charge on any atom is 0.323 e. The van der Waals surface area contributed by atoms with Crippen LogP contribution in [0.3, 0.4) is 0 Å². The normalized spacial score (nSPS) is 13.1. The lowest BCUT2D eigenvalue weighted by atomic mass is 9.95. The first kappa shape index (κ1) is 53.5.